The third kappa shape index (κ3) is 41.2. The molecule has 0 bridgehead atoms. The third-order valence-electron chi connectivity index (χ3n) is 10.9. The Balaban J connectivity index is 3.80. The van der Waals surface area contributed by atoms with Crippen LogP contribution in [-0.4, -0.2) is 64.9 Å². The van der Waals surface area contributed by atoms with Gasteiger partial charge in [-0.25, -0.2) is 9.36 Å². The van der Waals surface area contributed by atoms with Crippen molar-refractivity contribution in [2.45, 2.75) is 257 Å². The molecule has 0 aromatic heterocycles. The molecule has 12 heteroatoms. The smallest absolute Gasteiger partial charge is 0.472 e. The summed E-state index contributed by atoms with van der Waals surface area (Å²) >= 11 is 0. The van der Waals surface area contributed by atoms with E-state index < -0.39 is 57.6 Å². The van der Waals surface area contributed by atoms with Crippen molar-refractivity contribution in [2.24, 2.45) is 0 Å². The van der Waals surface area contributed by atoms with Crippen molar-refractivity contribution in [1.82, 2.24) is 5.32 Å². The van der Waals surface area contributed by atoms with E-state index in [0.717, 1.165) is 38.5 Å². The van der Waals surface area contributed by atoms with E-state index in [-0.39, 0.29) is 12.8 Å². The first-order valence-corrected chi connectivity index (χ1v) is 25.6. The molecule has 0 aromatic carbocycles. The predicted octanol–water partition coefficient (Wildman–Crippen LogP) is 12.7. The molecule has 3 atom stereocenters. The molecule has 3 unspecified atom stereocenters. The van der Waals surface area contributed by atoms with Crippen LogP contribution in [0, 0.1) is 0 Å². The zero-order valence-corrected chi connectivity index (χ0v) is 38.3. The molecule has 11 nitrogen and oxygen atoms in total. The van der Waals surface area contributed by atoms with E-state index >= 15 is 0 Å². The van der Waals surface area contributed by atoms with Gasteiger partial charge in [-0.05, 0) is 12.8 Å². The van der Waals surface area contributed by atoms with Crippen molar-refractivity contribution in [1.29, 1.82) is 0 Å². The van der Waals surface area contributed by atoms with Crippen LogP contribution in [0.25, 0.3) is 0 Å². The lowest BCUT2D eigenvalue weighted by molar-refractivity contribution is -0.147. The molecule has 0 aliphatic carbocycles. The number of aliphatic hydroxyl groups is 1. The summed E-state index contributed by atoms with van der Waals surface area (Å²) in [5, 5.41) is 21.9. The Kier molecular flexibility index (Phi) is 41.1. The lowest BCUT2D eigenvalue weighted by Gasteiger charge is -2.18. The molecule has 344 valence electrons. The molecule has 0 rings (SSSR count). The number of hydrogen-bond donors (Lipinski definition) is 4. The molecule has 0 aromatic rings. The highest BCUT2D eigenvalue weighted by molar-refractivity contribution is 7.47. The molecule has 1 amide bonds. The summed E-state index contributed by atoms with van der Waals surface area (Å²) in [6, 6.07) is -1.54. The van der Waals surface area contributed by atoms with Crippen LogP contribution in [0.5, 0.6) is 0 Å². The van der Waals surface area contributed by atoms with Crippen molar-refractivity contribution in [2.75, 3.05) is 19.8 Å². The van der Waals surface area contributed by atoms with E-state index in [1.807, 2.05) is 0 Å². The highest BCUT2D eigenvalue weighted by Crippen LogP contribution is 2.43. The normalized spacial score (nSPS) is 13.6. The highest BCUT2D eigenvalue weighted by Gasteiger charge is 2.28. The van der Waals surface area contributed by atoms with Gasteiger partial charge in [0.2, 0.25) is 5.91 Å². The number of nitrogens with one attached hydrogen (secondary N) is 1. The second kappa shape index (κ2) is 42.2. The van der Waals surface area contributed by atoms with Crippen molar-refractivity contribution in [3.8, 4) is 0 Å². The molecule has 0 saturated heterocycles. The summed E-state index contributed by atoms with van der Waals surface area (Å²) in [6.07, 6.45) is 41.2. The van der Waals surface area contributed by atoms with Gasteiger partial charge in [0.1, 0.15) is 12.7 Å². The molecule has 58 heavy (non-hydrogen) atoms. The molecule has 0 aliphatic rings. The van der Waals surface area contributed by atoms with Gasteiger partial charge in [-0.1, -0.05) is 219 Å². The number of ether oxygens (including phenoxy) is 1. The van der Waals surface area contributed by atoms with Crippen LogP contribution in [0.3, 0.4) is 0 Å². The number of phosphoric acid groups is 1. The quantitative estimate of drug-likeness (QED) is 0.0263. The van der Waals surface area contributed by atoms with E-state index in [1.165, 1.54) is 167 Å². The van der Waals surface area contributed by atoms with Crippen LogP contribution >= 0.6 is 7.82 Å². The molecule has 0 fully saturated rings. The van der Waals surface area contributed by atoms with E-state index in [2.05, 4.69) is 19.2 Å². The first-order valence-electron chi connectivity index (χ1n) is 24.1. The van der Waals surface area contributed by atoms with E-state index in [4.69, 9.17) is 13.8 Å². The van der Waals surface area contributed by atoms with Gasteiger partial charge in [0.05, 0.1) is 13.2 Å². The number of phosphoric ester groups is 1. The average molecular weight is 848 g/mol. The number of carboxylic acids is 1. The van der Waals surface area contributed by atoms with Crippen LogP contribution in [-0.2, 0) is 32.7 Å². The second-order valence-corrected chi connectivity index (χ2v) is 18.1. The Morgan fingerprint density at radius 2 is 0.793 bits per heavy atom. The topological polar surface area (TPSA) is 169 Å². The third-order valence-corrected chi connectivity index (χ3v) is 11.8. The number of esters is 1. The van der Waals surface area contributed by atoms with Gasteiger partial charge in [-0.2, -0.15) is 0 Å². The first kappa shape index (κ1) is 56.5. The summed E-state index contributed by atoms with van der Waals surface area (Å²) < 4.78 is 26.9. The largest absolute Gasteiger partial charge is 0.480 e. The van der Waals surface area contributed by atoms with Gasteiger partial charge in [-0.3, -0.25) is 18.6 Å². The Hall–Kier alpha value is -1.52. The van der Waals surface area contributed by atoms with Crippen molar-refractivity contribution in [3.63, 3.8) is 0 Å². The number of aliphatic hydroxyl groups excluding tert-OH is 1. The van der Waals surface area contributed by atoms with Crippen molar-refractivity contribution < 1.29 is 47.8 Å². The maximum absolute atomic E-state index is 12.3. The number of aliphatic carboxylic acids is 1. The minimum Gasteiger partial charge on any atom is -0.480 e. The molecule has 0 spiro atoms. The predicted molar refractivity (Wildman–Crippen MR) is 236 cm³/mol. The monoisotopic (exact) mass is 848 g/mol. The van der Waals surface area contributed by atoms with Gasteiger partial charge >= 0.3 is 19.8 Å². The Morgan fingerprint density at radius 3 is 1.14 bits per heavy atom. The number of rotatable bonds is 46. The van der Waals surface area contributed by atoms with Crippen LogP contribution < -0.4 is 5.32 Å². The minimum absolute atomic E-state index is 0.153. The molecule has 0 radical (unpaired) electrons. The number of carboxylic acid groups (broad SMARTS) is 1. The SMILES string of the molecule is CCCCCCCCCCCCCCCCCCCCCC(=O)OCC(O)COP(=O)(O)OCC(NC(=O)CCCCCCCCCCCCCCCCC)C(=O)O. The Bertz CT molecular complexity index is 1000. The number of amides is 1. The molecule has 0 heterocycles. The van der Waals surface area contributed by atoms with Crippen molar-refractivity contribution in [3.05, 3.63) is 0 Å². The summed E-state index contributed by atoms with van der Waals surface area (Å²) in [7, 11) is -4.75. The second-order valence-electron chi connectivity index (χ2n) is 16.7. The first-order chi connectivity index (χ1) is 28.1. The van der Waals surface area contributed by atoms with E-state index in [1.54, 1.807) is 0 Å². The van der Waals surface area contributed by atoms with Gasteiger partial charge < -0.3 is 25.2 Å². The molecular formula is C46H90NO10P. The van der Waals surface area contributed by atoms with Crippen LogP contribution in [0.4, 0.5) is 0 Å². The zero-order chi connectivity index (χ0) is 42.8. The lowest BCUT2D eigenvalue weighted by atomic mass is 10.0. The standard InChI is InChI=1S/C46H90NO10P/c1-3-5-7-9-11-13-15-17-19-20-21-22-24-26-28-30-32-34-36-38-45(50)55-39-42(48)40-56-58(53,54)57-41-43(46(51)52)47-44(49)37-35-33-31-29-27-25-23-18-16-14-12-10-8-6-4-2/h42-43,48H,3-41H2,1-2H3,(H,47,49)(H,51,52)(H,53,54). The van der Waals surface area contributed by atoms with Gasteiger partial charge in [0.15, 0.2) is 6.04 Å². The number of unbranched alkanes of at least 4 members (excludes halogenated alkanes) is 32. The maximum Gasteiger partial charge on any atom is 0.472 e. The van der Waals surface area contributed by atoms with Crippen molar-refractivity contribution >= 4 is 25.7 Å². The molecular weight excluding hydrogens is 757 g/mol. The average Bonchev–Trinajstić information content (AvgIpc) is 3.20. The van der Waals surface area contributed by atoms with Gasteiger partial charge in [0, 0.05) is 12.8 Å². The summed E-state index contributed by atoms with van der Waals surface area (Å²) in [4.78, 5) is 46.0. The molecule has 4 N–H and O–H groups in total. The number of hydrogen-bond acceptors (Lipinski definition) is 8. The van der Waals surface area contributed by atoms with Crippen LogP contribution in [0.15, 0.2) is 0 Å². The highest BCUT2D eigenvalue weighted by atomic mass is 31.2. The number of carbonyl (C=O) groups is 3. The fourth-order valence-electron chi connectivity index (χ4n) is 7.14. The fourth-order valence-corrected chi connectivity index (χ4v) is 7.91. The van der Waals surface area contributed by atoms with Gasteiger partial charge in [-0.15, -0.1) is 0 Å². The van der Waals surface area contributed by atoms with E-state index in [0.29, 0.717) is 12.8 Å². The Morgan fingerprint density at radius 1 is 0.483 bits per heavy atom. The zero-order valence-electron chi connectivity index (χ0n) is 37.4. The van der Waals surface area contributed by atoms with Crippen LogP contribution in [0.2, 0.25) is 0 Å². The Labute approximate surface area is 354 Å². The van der Waals surface area contributed by atoms with Crippen LogP contribution in [0.1, 0.15) is 245 Å². The summed E-state index contributed by atoms with van der Waals surface area (Å²) in [5.41, 5.74) is 0. The molecule has 0 aliphatic heterocycles. The maximum atomic E-state index is 12.3. The summed E-state index contributed by atoms with van der Waals surface area (Å²) in [6.45, 7) is 2.64. The van der Waals surface area contributed by atoms with Gasteiger partial charge in [0.25, 0.3) is 0 Å². The lowest BCUT2D eigenvalue weighted by Crippen LogP contribution is -2.43. The fraction of sp³-hybridized carbons (Fsp3) is 0.935. The minimum atomic E-state index is -4.75. The summed E-state index contributed by atoms with van der Waals surface area (Å²) in [5.74, 6) is -2.35. The van der Waals surface area contributed by atoms with E-state index in [9.17, 15) is 34.1 Å². The molecule has 0 saturated carbocycles. The number of carbonyl (C=O) groups excluding carboxylic acids is 2.